The van der Waals surface area contributed by atoms with E-state index in [0.717, 1.165) is 30.8 Å². The number of urea groups is 1. The van der Waals surface area contributed by atoms with E-state index >= 15 is 0 Å². The van der Waals surface area contributed by atoms with Crippen molar-refractivity contribution in [3.05, 3.63) is 28.8 Å². The molecular formula is C14H19ClN2O. The van der Waals surface area contributed by atoms with Crippen LogP contribution in [0, 0.1) is 12.8 Å². The predicted octanol–water partition coefficient (Wildman–Crippen LogP) is 3.91. The lowest BCUT2D eigenvalue weighted by molar-refractivity contribution is 0.182. The molecule has 0 aromatic heterocycles. The molecule has 0 bridgehead atoms. The maximum absolute atomic E-state index is 12.1. The number of hydrogen-bond acceptors (Lipinski definition) is 1. The highest BCUT2D eigenvalue weighted by Gasteiger charge is 2.21. The first kappa shape index (κ1) is 13.2. The number of likely N-dealkylation sites (tertiary alicyclic amines) is 1. The zero-order chi connectivity index (χ0) is 13.1. The summed E-state index contributed by atoms with van der Waals surface area (Å²) < 4.78 is 0. The number of nitrogens with zero attached hydrogens (tertiary/aromatic N) is 1. The highest BCUT2D eigenvalue weighted by Crippen LogP contribution is 2.22. The average Bonchev–Trinajstić information content (AvgIpc) is 2.34. The van der Waals surface area contributed by atoms with Crippen molar-refractivity contribution in [2.75, 3.05) is 18.4 Å². The molecule has 1 aliphatic heterocycles. The third-order valence-electron chi connectivity index (χ3n) is 3.39. The van der Waals surface area contributed by atoms with Crippen LogP contribution in [0.1, 0.15) is 25.3 Å². The summed E-state index contributed by atoms with van der Waals surface area (Å²) in [5, 5.41) is 3.59. The Bertz CT molecular complexity index is 447. The van der Waals surface area contributed by atoms with Crippen LogP contribution < -0.4 is 5.32 Å². The van der Waals surface area contributed by atoms with Crippen molar-refractivity contribution in [1.82, 2.24) is 4.90 Å². The van der Waals surface area contributed by atoms with Gasteiger partial charge in [-0.05, 0) is 43.4 Å². The Kier molecular flexibility index (Phi) is 4.12. The Balaban J connectivity index is 2.04. The number of nitrogens with one attached hydrogen (secondary N) is 1. The van der Waals surface area contributed by atoms with E-state index in [4.69, 9.17) is 11.6 Å². The van der Waals surface area contributed by atoms with E-state index in [9.17, 15) is 4.79 Å². The second-order valence-electron chi connectivity index (χ2n) is 5.08. The molecule has 0 spiro atoms. The van der Waals surface area contributed by atoms with Gasteiger partial charge in [0.25, 0.3) is 0 Å². The number of anilines is 1. The first-order valence-electron chi connectivity index (χ1n) is 6.38. The standard InChI is InChI=1S/C14H19ClN2O/c1-10-4-3-7-17(9-10)14(18)16-13-8-12(15)6-5-11(13)2/h5-6,8,10H,3-4,7,9H2,1-2H3,(H,16,18). The maximum Gasteiger partial charge on any atom is 0.321 e. The smallest absolute Gasteiger partial charge is 0.321 e. The molecule has 0 saturated carbocycles. The van der Waals surface area contributed by atoms with Gasteiger partial charge in [-0.15, -0.1) is 0 Å². The number of aryl methyl sites for hydroxylation is 1. The normalized spacial score (nSPS) is 19.7. The fourth-order valence-electron chi connectivity index (χ4n) is 2.30. The van der Waals surface area contributed by atoms with E-state index in [1.54, 1.807) is 6.07 Å². The number of rotatable bonds is 1. The second-order valence-corrected chi connectivity index (χ2v) is 5.52. The number of carbonyl (C=O) groups is 1. The summed E-state index contributed by atoms with van der Waals surface area (Å²) >= 11 is 5.94. The number of halogens is 1. The van der Waals surface area contributed by atoms with Crippen LogP contribution >= 0.6 is 11.6 Å². The first-order valence-corrected chi connectivity index (χ1v) is 6.76. The zero-order valence-electron chi connectivity index (χ0n) is 10.9. The van der Waals surface area contributed by atoms with Crippen LogP contribution in [0.3, 0.4) is 0 Å². The van der Waals surface area contributed by atoms with Crippen molar-refractivity contribution >= 4 is 23.3 Å². The van der Waals surface area contributed by atoms with Gasteiger partial charge in [0.2, 0.25) is 0 Å². The van der Waals surface area contributed by atoms with Crippen LogP contribution in [0.5, 0.6) is 0 Å². The highest BCUT2D eigenvalue weighted by atomic mass is 35.5. The van der Waals surface area contributed by atoms with Gasteiger partial charge >= 0.3 is 6.03 Å². The Morgan fingerprint density at radius 1 is 1.50 bits per heavy atom. The molecule has 1 atom stereocenters. The van der Waals surface area contributed by atoms with Crippen molar-refractivity contribution < 1.29 is 4.79 Å². The van der Waals surface area contributed by atoms with E-state index < -0.39 is 0 Å². The summed E-state index contributed by atoms with van der Waals surface area (Å²) in [6.45, 7) is 5.83. The van der Waals surface area contributed by atoms with Gasteiger partial charge in [0, 0.05) is 23.8 Å². The third-order valence-corrected chi connectivity index (χ3v) is 3.62. The summed E-state index contributed by atoms with van der Waals surface area (Å²) in [5.41, 5.74) is 1.82. The molecule has 4 heteroatoms. The van der Waals surface area contributed by atoms with E-state index in [2.05, 4.69) is 12.2 Å². The Labute approximate surface area is 113 Å². The minimum atomic E-state index is -0.0214. The molecule has 1 N–H and O–H groups in total. The average molecular weight is 267 g/mol. The summed E-state index contributed by atoms with van der Waals surface area (Å²) in [6.07, 6.45) is 2.29. The quantitative estimate of drug-likeness (QED) is 0.821. The molecule has 1 aromatic rings. The van der Waals surface area contributed by atoms with E-state index in [1.807, 2.05) is 24.0 Å². The first-order chi connectivity index (χ1) is 8.56. The number of hydrogen-bond donors (Lipinski definition) is 1. The fraction of sp³-hybridized carbons (Fsp3) is 0.500. The van der Waals surface area contributed by atoms with Gasteiger partial charge in [-0.25, -0.2) is 4.79 Å². The molecule has 2 amide bonds. The second kappa shape index (κ2) is 5.61. The van der Waals surface area contributed by atoms with Gasteiger partial charge in [0.1, 0.15) is 0 Å². The van der Waals surface area contributed by atoms with Crippen LogP contribution in [0.4, 0.5) is 10.5 Å². The molecular weight excluding hydrogens is 248 g/mol. The van der Waals surface area contributed by atoms with Crippen LogP contribution in [0.2, 0.25) is 5.02 Å². The predicted molar refractivity (Wildman–Crippen MR) is 75.2 cm³/mol. The monoisotopic (exact) mass is 266 g/mol. The molecule has 1 unspecified atom stereocenters. The molecule has 1 fully saturated rings. The summed E-state index contributed by atoms with van der Waals surface area (Å²) in [6, 6.07) is 5.51. The Hall–Kier alpha value is -1.22. The van der Waals surface area contributed by atoms with Crippen molar-refractivity contribution in [3.8, 4) is 0 Å². The van der Waals surface area contributed by atoms with Crippen molar-refractivity contribution in [2.45, 2.75) is 26.7 Å². The van der Waals surface area contributed by atoms with Gasteiger partial charge < -0.3 is 10.2 Å². The number of amides is 2. The van der Waals surface area contributed by atoms with Crippen LogP contribution in [0.25, 0.3) is 0 Å². The molecule has 0 radical (unpaired) electrons. The van der Waals surface area contributed by atoms with Crippen molar-refractivity contribution in [3.63, 3.8) is 0 Å². The lowest BCUT2D eigenvalue weighted by Gasteiger charge is -2.31. The van der Waals surface area contributed by atoms with Crippen LogP contribution in [0.15, 0.2) is 18.2 Å². The SMILES string of the molecule is Cc1ccc(Cl)cc1NC(=O)N1CCCC(C)C1. The van der Waals surface area contributed by atoms with Gasteiger partial charge in [-0.2, -0.15) is 0 Å². The van der Waals surface area contributed by atoms with E-state index in [0.29, 0.717) is 10.9 Å². The largest absolute Gasteiger partial charge is 0.324 e. The molecule has 2 rings (SSSR count). The molecule has 1 saturated heterocycles. The van der Waals surface area contributed by atoms with Gasteiger partial charge in [-0.1, -0.05) is 24.6 Å². The van der Waals surface area contributed by atoms with Crippen molar-refractivity contribution in [1.29, 1.82) is 0 Å². The number of piperidine rings is 1. The van der Waals surface area contributed by atoms with E-state index in [-0.39, 0.29) is 6.03 Å². The Morgan fingerprint density at radius 3 is 3.00 bits per heavy atom. The molecule has 0 aliphatic carbocycles. The topological polar surface area (TPSA) is 32.3 Å². The molecule has 1 aromatic carbocycles. The molecule has 1 heterocycles. The minimum absolute atomic E-state index is 0.0214. The van der Waals surface area contributed by atoms with Crippen LogP contribution in [-0.2, 0) is 0 Å². The van der Waals surface area contributed by atoms with E-state index in [1.165, 1.54) is 6.42 Å². The summed E-state index contributed by atoms with van der Waals surface area (Å²) in [5.74, 6) is 0.588. The Morgan fingerprint density at radius 2 is 2.28 bits per heavy atom. The number of benzene rings is 1. The van der Waals surface area contributed by atoms with Gasteiger partial charge in [0.15, 0.2) is 0 Å². The maximum atomic E-state index is 12.1. The summed E-state index contributed by atoms with van der Waals surface area (Å²) in [7, 11) is 0. The molecule has 1 aliphatic rings. The van der Waals surface area contributed by atoms with Crippen molar-refractivity contribution in [2.24, 2.45) is 5.92 Å². The van der Waals surface area contributed by atoms with Crippen LogP contribution in [-0.4, -0.2) is 24.0 Å². The molecule has 98 valence electrons. The fourth-order valence-corrected chi connectivity index (χ4v) is 2.47. The minimum Gasteiger partial charge on any atom is -0.324 e. The van der Waals surface area contributed by atoms with Gasteiger partial charge in [0.05, 0.1) is 0 Å². The third kappa shape index (κ3) is 3.16. The molecule has 18 heavy (non-hydrogen) atoms. The zero-order valence-corrected chi connectivity index (χ0v) is 11.6. The summed E-state index contributed by atoms with van der Waals surface area (Å²) in [4.78, 5) is 14.0. The lowest BCUT2D eigenvalue weighted by Crippen LogP contribution is -2.41. The van der Waals surface area contributed by atoms with Gasteiger partial charge in [-0.3, -0.25) is 0 Å². The molecule has 3 nitrogen and oxygen atoms in total. The number of carbonyl (C=O) groups excluding carboxylic acids is 1. The highest BCUT2D eigenvalue weighted by molar-refractivity contribution is 6.31. The lowest BCUT2D eigenvalue weighted by atomic mass is 10.0.